The van der Waals surface area contributed by atoms with Crippen molar-refractivity contribution in [1.82, 2.24) is 0 Å². The molecule has 0 aliphatic rings. The molecule has 1 unspecified atom stereocenters. The van der Waals surface area contributed by atoms with Crippen molar-refractivity contribution in [2.75, 3.05) is 6.61 Å². The molecule has 0 fully saturated rings. The fourth-order valence-electron chi connectivity index (χ4n) is 4.51. The third-order valence-electron chi connectivity index (χ3n) is 6.63. The Morgan fingerprint density at radius 2 is 0.818 bits per heavy atom. The number of hydrogen-bond acceptors (Lipinski definition) is 4. The van der Waals surface area contributed by atoms with Gasteiger partial charge in [0.2, 0.25) is 10.4 Å². The monoisotopic (exact) mass is 514 g/mol. The second kappa shape index (κ2) is 28.1. The fraction of sp³-hybridized carbons (Fsp3) is 1.00. The van der Waals surface area contributed by atoms with E-state index in [0.717, 1.165) is 25.7 Å². The zero-order chi connectivity index (χ0) is 23.8. The molecule has 0 aromatic heterocycles. The third kappa shape index (κ3) is 31.5. The molecule has 0 saturated heterocycles. The molecule has 4 nitrogen and oxygen atoms in total. The normalized spacial score (nSPS) is 12.6. The van der Waals surface area contributed by atoms with Gasteiger partial charge in [-0.05, 0) is 18.8 Å². The van der Waals surface area contributed by atoms with Crippen molar-refractivity contribution in [3.63, 3.8) is 0 Å². The van der Waals surface area contributed by atoms with Crippen LogP contribution in [0, 0.1) is 5.92 Å². The van der Waals surface area contributed by atoms with Crippen LogP contribution < -0.4 is 51.4 Å². The quantitative estimate of drug-likeness (QED) is 0.0606. The minimum absolute atomic E-state index is 0. The maximum atomic E-state index is 10.8. The molecule has 0 N–H and O–H groups in total. The van der Waals surface area contributed by atoms with Crippen molar-refractivity contribution >= 4 is 10.4 Å². The second-order valence-electron chi connectivity index (χ2n) is 9.85. The van der Waals surface area contributed by atoms with E-state index in [-0.39, 0.29) is 63.9 Å². The van der Waals surface area contributed by atoms with Crippen LogP contribution in [0.15, 0.2) is 0 Å². The summed E-state index contributed by atoms with van der Waals surface area (Å²) in [4.78, 5) is 0. The van der Waals surface area contributed by atoms with E-state index in [4.69, 9.17) is 0 Å². The standard InChI is InChI=1S/C27H56O4S.K/c1-3-5-7-9-11-13-14-15-16-17-19-21-23-25-27(26-31-32(28,29)30)24-22-20-18-12-10-8-6-4-2;/h27H,3-26H2,1-2H3,(H,28,29,30);/q;+1/p-1. The van der Waals surface area contributed by atoms with E-state index in [1.807, 2.05) is 0 Å². The third-order valence-corrected chi connectivity index (χ3v) is 7.05. The molecule has 1 atom stereocenters. The first-order chi connectivity index (χ1) is 15.5. The Hall–Kier alpha value is 1.51. The van der Waals surface area contributed by atoms with E-state index in [1.165, 1.54) is 122 Å². The van der Waals surface area contributed by atoms with Crippen molar-refractivity contribution in [3.05, 3.63) is 0 Å². The molecule has 0 heterocycles. The Bertz CT molecular complexity index is 471. The second-order valence-corrected chi connectivity index (χ2v) is 10.9. The van der Waals surface area contributed by atoms with Gasteiger partial charge >= 0.3 is 51.4 Å². The summed E-state index contributed by atoms with van der Waals surface area (Å²) in [6, 6.07) is 0. The Morgan fingerprint density at radius 3 is 1.09 bits per heavy atom. The van der Waals surface area contributed by atoms with E-state index >= 15 is 0 Å². The Morgan fingerprint density at radius 1 is 0.545 bits per heavy atom. The predicted octanol–water partition coefficient (Wildman–Crippen LogP) is 6.10. The number of unbranched alkanes of at least 4 members (excludes halogenated alkanes) is 19. The maximum absolute atomic E-state index is 10.8. The van der Waals surface area contributed by atoms with Crippen LogP contribution in [0.1, 0.15) is 162 Å². The van der Waals surface area contributed by atoms with Crippen LogP contribution >= 0.6 is 0 Å². The summed E-state index contributed by atoms with van der Waals surface area (Å²) in [6.07, 6.45) is 29.4. The predicted molar refractivity (Wildman–Crippen MR) is 137 cm³/mol. The minimum Gasteiger partial charge on any atom is -0.726 e. The number of rotatable bonds is 26. The molecule has 0 aromatic carbocycles. The van der Waals surface area contributed by atoms with Crippen LogP contribution in [0.4, 0.5) is 0 Å². The molecule has 0 aliphatic heterocycles. The Kier molecular flexibility index (Phi) is 31.2. The van der Waals surface area contributed by atoms with Gasteiger partial charge in [0.1, 0.15) is 0 Å². The van der Waals surface area contributed by atoms with Gasteiger partial charge in [-0.3, -0.25) is 4.18 Å². The first-order valence-corrected chi connectivity index (χ1v) is 15.4. The van der Waals surface area contributed by atoms with Gasteiger partial charge in [0.05, 0.1) is 6.61 Å². The van der Waals surface area contributed by atoms with Crippen molar-refractivity contribution in [2.45, 2.75) is 162 Å². The van der Waals surface area contributed by atoms with E-state index in [1.54, 1.807) is 0 Å². The fourth-order valence-corrected chi connectivity index (χ4v) is 4.87. The van der Waals surface area contributed by atoms with E-state index in [0.29, 0.717) is 0 Å². The molecule has 0 saturated carbocycles. The van der Waals surface area contributed by atoms with Gasteiger partial charge in [0.25, 0.3) is 0 Å². The molecule has 33 heavy (non-hydrogen) atoms. The van der Waals surface area contributed by atoms with Crippen LogP contribution in [-0.4, -0.2) is 19.6 Å². The summed E-state index contributed by atoms with van der Waals surface area (Å²) in [5.74, 6) is 0.200. The van der Waals surface area contributed by atoms with Crippen molar-refractivity contribution < 1.29 is 68.5 Å². The maximum Gasteiger partial charge on any atom is 1.00 e. The smallest absolute Gasteiger partial charge is 0.726 e. The summed E-state index contributed by atoms with van der Waals surface area (Å²) in [5.41, 5.74) is 0. The largest absolute Gasteiger partial charge is 1.00 e. The van der Waals surface area contributed by atoms with Gasteiger partial charge in [0.15, 0.2) is 0 Å². The number of hydrogen-bond donors (Lipinski definition) is 0. The molecule has 0 aliphatic carbocycles. The summed E-state index contributed by atoms with van der Waals surface area (Å²) in [6.45, 7) is 4.57. The van der Waals surface area contributed by atoms with E-state index in [9.17, 15) is 13.0 Å². The summed E-state index contributed by atoms with van der Waals surface area (Å²) < 4.78 is 37.1. The van der Waals surface area contributed by atoms with Gasteiger partial charge in [-0.2, -0.15) is 0 Å². The first kappa shape index (κ1) is 36.7. The van der Waals surface area contributed by atoms with Crippen LogP contribution in [-0.2, 0) is 14.6 Å². The summed E-state index contributed by atoms with van der Waals surface area (Å²) >= 11 is 0. The Balaban J connectivity index is 0. The van der Waals surface area contributed by atoms with E-state index < -0.39 is 10.4 Å². The molecule has 0 bridgehead atoms. The zero-order valence-corrected chi connectivity index (χ0v) is 26.5. The van der Waals surface area contributed by atoms with Crippen LogP contribution in [0.2, 0.25) is 0 Å². The van der Waals surface area contributed by atoms with Gasteiger partial charge in [-0.25, -0.2) is 8.42 Å². The first-order valence-electron chi connectivity index (χ1n) is 14.1. The molecule has 194 valence electrons. The molecule has 0 radical (unpaired) electrons. The molecular weight excluding hydrogens is 459 g/mol. The van der Waals surface area contributed by atoms with Gasteiger partial charge in [-0.15, -0.1) is 0 Å². The van der Waals surface area contributed by atoms with Crippen molar-refractivity contribution in [3.8, 4) is 0 Å². The Labute approximate surface area is 250 Å². The molecule has 0 rings (SSSR count). The van der Waals surface area contributed by atoms with Gasteiger partial charge in [-0.1, -0.05) is 149 Å². The van der Waals surface area contributed by atoms with Crippen molar-refractivity contribution in [1.29, 1.82) is 0 Å². The average molecular weight is 515 g/mol. The van der Waals surface area contributed by atoms with Gasteiger partial charge in [0, 0.05) is 0 Å². The summed E-state index contributed by atoms with van der Waals surface area (Å²) in [5, 5.41) is 0. The van der Waals surface area contributed by atoms with E-state index in [2.05, 4.69) is 18.0 Å². The van der Waals surface area contributed by atoms with Crippen LogP contribution in [0.3, 0.4) is 0 Å². The van der Waals surface area contributed by atoms with Crippen molar-refractivity contribution in [2.24, 2.45) is 5.92 Å². The molecule has 0 spiro atoms. The molecule has 6 heteroatoms. The average Bonchev–Trinajstić information content (AvgIpc) is 2.75. The van der Waals surface area contributed by atoms with Crippen LogP contribution in [0.5, 0.6) is 0 Å². The molecule has 0 amide bonds. The van der Waals surface area contributed by atoms with Crippen LogP contribution in [0.25, 0.3) is 0 Å². The SMILES string of the molecule is CCCCCCCCCCCCCCCC(CCCCCCCCCC)COS(=O)(=O)[O-].[K+]. The molecule has 0 aromatic rings. The summed E-state index contributed by atoms with van der Waals surface area (Å²) in [7, 11) is -4.57. The topological polar surface area (TPSA) is 66.4 Å². The zero-order valence-electron chi connectivity index (χ0n) is 22.6. The minimum atomic E-state index is -4.57. The van der Waals surface area contributed by atoms with Gasteiger partial charge < -0.3 is 4.55 Å². The molecular formula is C27H55KO4S.